The van der Waals surface area contributed by atoms with Gasteiger partial charge in [-0.1, -0.05) is 36.4 Å². The zero-order valence-corrected chi connectivity index (χ0v) is 19.9. The SMILES string of the molecule is Cc1cccc(CN(Cc2ccccc2)C(=O)Cn2nccc2C2CCCNC2)n1.Cl.Cl. The molecule has 1 unspecified atom stereocenters. The van der Waals surface area contributed by atoms with Crippen LogP contribution in [0.1, 0.15) is 41.4 Å². The molecule has 1 aliphatic rings. The van der Waals surface area contributed by atoms with Gasteiger partial charge in [0.05, 0.1) is 12.2 Å². The van der Waals surface area contributed by atoms with Crippen LogP contribution in [0, 0.1) is 6.92 Å². The molecule has 0 radical (unpaired) electrons. The number of aromatic nitrogens is 3. The average Bonchev–Trinajstić information content (AvgIpc) is 3.23. The van der Waals surface area contributed by atoms with Crippen molar-refractivity contribution >= 4 is 30.7 Å². The molecule has 1 atom stereocenters. The fourth-order valence-electron chi connectivity index (χ4n) is 4.07. The van der Waals surface area contributed by atoms with Crippen molar-refractivity contribution in [1.82, 2.24) is 25.0 Å². The summed E-state index contributed by atoms with van der Waals surface area (Å²) >= 11 is 0. The van der Waals surface area contributed by atoms with Gasteiger partial charge in [-0.25, -0.2) is 0 Å². The van der Waals surface area contributed by atoms with Gasteiger partial charge < -0.3 is 10.2 Å². The number of aryl methyl sites for hydroxylation is 1. The summed E-state index contributed by atoms with van der Waals surface area (Å²) in [6, 6.07) is 18.1. The molecular formula is C24H31Cl2N5O. The van der Waals surface area contributed by atoms with E-state index in [1.165, 1.54) is 0 Å². The van der Waals surface area contributed by atoms with Gasteiger partial charge in [0.15, 0.2) is 0 Å². The summed E-state index contributed by atoms with van der Waals surface area (Å²) < 4.78 is 1.88. The Balaban J connectivity index is 0.00000181. The van der Waals surface area contributed by atoms with Crippen LogP contribution < -0.4 is 5.32 Å². The van der Waals surface area contributed by atoms with Crippen LogP contribution in [0.2, 0.25) is 0 Å². The third-order valence-corrected chi connectivity index (χ3v) is 5.62. The van der Waals surface area contributed by atoms with Gasteiger partial charge in [0.2, 0.25) is 5.91 Å². The molecule has 0 spiro atoms. The Labute approximate surface area is 202 Å². The van der Waals surface area contributed by atoms with Crippen molar-refractivity contribution in [2.45, 2.75) is 45.3 Å². The van der Waals surface area contributed by atoms with Crippen LogP contribution in [0.3, 0.4) is 0 Å². The molecule has 1 N–H and O–H groups in total. The first-order valence-electron chi connectivity index (χ1n) is 10.7. The molecule has 3 aromatic rings. The van der Waals surface area contributed by atoms with Gasteiger partial charge in [0, 0.05) is 36.6 Å². The minimum atomic E-state index is 0. The lowest BCUT2D eigenvalue weighted by Gasteiger charge is -2.26. The fourth-order valence-corrected chi connectivity index (χ4v) is 4.07. The molecule has 32 heavy (non-hydrogen) atoms. The number of hydrogen-bond donors (Lipinski definition) is 1. The van der Waals surface area contributed by atoms with E-state index in [1.54, 1.807) is 6.20 Å². The highest BCUT2D eigenvalue weighted by Gasteiger charge is 2.22. The number of nitrogens with one attached hydrogen (secondary N) is 1. The van der Waals surface area contributed by atoms with Crippen molar-refractivity contribution in [3.8, 4) is 0 Å². The highest BCUT2D eigenvalue weighted by molar-refractivity contribution is 5.85. The number of amides is 1. The van der Waals surface area contributed by atoms with Gasteiger partial charge in [0.25, 0.3) is 0 Å². The molecular weight excluding hydrogens is 445 g/mol. The van der Waals surface area contributed by atoms with Crippen LogP contribution in [0.15, 0.2) is 60.8 Å². The second kappa shape index (κ2) is 12.6. The van der Waals surface area contributed by atoms with Crippen molar-refractivity contribution in [2.24, 2.45) is 0 Å². The van der Waals surface area contributed by atoms with E-state index in [2.05, 4.69) is 33.6 Å². The third-order valence-electron chi connectivity index (χ3n) is 5.62. The van der Waals surface area contributed by atoms with E-state index in [1.807, 2.05) is 52.9 Å². The number of rotatable bonds is 7. The summed E-state index contributed by atoms with van der Waals surface area (Å²) in [6.07, 6.45) is 4.09. The van der Waals surface area contributed by atoms with E-state index in [0.29, 0.717) is 19.0 Å². The Morgan fingerprint density at radius 3 is 2.62 bits per heavy atom. The normalized spacial score (nSPS) is 15.3. The van der Waals surface area contributed by atoms with E-state index in [9.17, 15) is 4.79 Å². The van der Waals surface area contributed by atoms with E-state index in [-0.39, 0.29) is 37.3 Å². The van der Waals surface area contributed by atoms with Crippen LogP contribution in [0.25, 0.3) is 0 Å². The minimum Gasteiger partial charge on any atom is -0.331 e. The topological polar surface area (TPSA) is 63.1 Å². The monoisotopic (exact) mass is 475 g/mol. The first-order valence-corrected chi connectivity index (χ1v) is 10.7. The average molecular weight is 476 g/mol. The van der Waals surface area contributed by atoms with Crippen LogP contribution in [0.4, 0.5) is 0 Å². The molecule has 1 aromatic carbocycles. The molecule has 2 aromatic heterocycles. The first kappa shape index (κ1) is 25.8. The number of benzene rings is 1. The van der Waals surface area contributed by atoms with Crippen molar-refractivity contribution in [3.05, 3.63) is 83.4 Å². The molecule has 3 heterocycles. The smallest absolute Gasteiger partial charge is 0.244 e. The van der Waals surface area contributed by atoms with Crippen LogP contribution in [-0.2, 0) is 24.4 Å². The van der Waals surface area contributed by atoms with E-state index < -0.39 is 0 Å². The molecule has 0 aliphatic carbocycles. The Kier molecular flexibility index (Phi) is 10.2. The number of pyridine rings is 1. The van der Waals surface area contributed by atoms with Crippen molar-refractivity contribution in [3.63, 3.8) is 0 Å². The second-order valence-corrected chi connectivity index (χ2v) is 7.96. The number of hydrogen-bond acceptors (Lipinski definition) is 4. The molecule has 1 aliphatic heterocycles. The summed E-state index contributed by atoms with van der Waals surface area (Å²) in [5.74, 6) is 0.464. The zero-order chi connectivity index (χ0) is 20.8. The van der Waals surface area contributed by atoms with Gasteiger partial charge in [-0.2, -0.15) is 5.10 Å². The lowest BCUT2D eigenvalue weighted by molar-refractivity contribution is -0.133. The number of halogens is 2. The third kappa shape index (κ3) is 6.79. The van der Waals surface area contributed by atoms with Gasteiger partial charge in [-0.15, -0.1) is 24.8 Å². The van der Waals surface area contributed by atoms with Crippen molar-refractivity contribution in [1.29, 1.82) is 0 Å². The number of carbonyl (C=O) groups excluding carboxylic acids is 1. The maximum atomic E-state index is 13.4. The quantitative estimate of drug-likeness (QED) is 0.557. The van der Waals surface area contributed by atoms with Gasteiger partial charge >= 0.3 is 0 Å². The maximum Gasteiger partial charge on any atom is 0.244 e. The highest BCUT2D eigenvalue weighted by Crippen LogP contribution is 2.23. The lowest BCUT2D eigenvalue weighted by Crippen LogP contribution is -2.35. The summed E-state index contributed by atoms with van der Waals surface area (Å²) in [7, 11) is 0. The second-order valence-electron chi connectivity index (χ2n) is 7.96. The molecule has 1 amide bonds. The Morgan fingerprint density at radius 1 is 1.09 bits per heavy atom. The highest BCUT2D eigenvalue weighted by atomic mass is 35.5. The van der Waals surface area contributed by atoms with Gasteiger partial charge in [-0.3, -0.25) is 14.5 Å². The summed E-state index contributed by atoms with van der Waals surface area (Å²) in [5.41, 5.74) is 4.11. The summed E-state index contributed by atoms with van der Waals surface area (Å²) in [4.78, 5) is 19.8. The molecule has 6 nitrogen and oxygen atoms in total. The standard InChI is InChI=1S/C24H29N5O.2ClH/c1-19-7-5-11-22(27-19)17-28(16-20-8-3-2-4-9-20)24(30)18-29-23(12-14-26-29)21-10-6-13-25-15-21;;/h2-5,7-9,11-12,14,21,25H,6,10,13,15-18H2,1H3;2*1H. The molecule has 8 heteroatoms. The predicted octanol–water partition coefficient (Wildman–Crippen LogP) is 4.13. The Bertz CT molecular complexity index is 973. The van der Waals surface area contributed by atoms with Crippen molar-refractivity contribution < 1.29 is 4.79 Å². The number of nitrogens with zero attached hydrogens (tertiary/aromatic N) is 4. The molecule has 4 rings (SSSR count). The molecule has 0 saturated carbocycles. The Morgan fingerprint density at radius 2 is 1.91 bits per heavy atom. The predicted molar refractivity (Wildman–Crippen MR) is 131 cm³/mol. The van der Waals surface area contributed by atoms with Gasteiger partial charge in [0.1, 0.15) is 6.54 Å². The van der Waals surface area contributed by atoms with E-state index >= 15 is 0 Å². The molecule has 1 saturated heterocycles. The zero-order valence-electron chi connectivity index (χ0n) is 18.3. The summed E-state index contributed by atoms with van der Waals surface area (Å²) in [6.45, 7) is 5.27. The van der Waals surface area contributed by atoms with Gasteiger partial charge in [-0.05, 0) is 50.1 Å². The van der Waals surface area contributed by atoms with Crippen LogP contribution >= 0.6 is 24.8 Å². The van der Waals surface area contributed by atoms with Crippen molar-refractivity contribution in [2.75, 3.05) is 13.1 Å². The van der Waals surface area contributed by atoms with E-state index in [0.717, 1.165) is 48.6 Å². The summed E-state index contributed by atoms with van der Waals surface area (Å²) in [5, 5.41) is 7.92. The Hall–Kier alpha value is -2.41. The van der Waals surface area contributed by atoms with Crippen LogP contribution in [0.5, 0.6) is 0 Å². The minimum absolute atomic E-state index is 0. The number of piperidine rings is 1. The molecule has 0 bridgehead atoms. The maximum absolute atomic E-state index is 13.4. The largest absolute Gasteiger partial charge is 0.331 e. The van der Waals surface area contributed by atoms with E-state index in [4.69, 9.17) is 0 Å². The molecule has 172 valence electrons. The first-order chi connectivity index (χ1) is 14.7. The lowest BCUT2D eigenvalue weighted by atomic mass is 9.96. The number of carbonyl (C=O) groups is 1. The fraction of sp³-hybridized carbons (Fsp3) is 0.375. The molecule has 1 fully saturated rings. The van der Waals surface area contributed by atoms with Crippen LogP contribution in [-0.4, -0.2) is 38.7 Å².